The third-order valence-corrected chi connectivity index (χ3v) is 4.22. The third kappa shape index (κ3) is 4.75. The smallest absolute Gasteiger partial charge is 0.359 e. The van der Waals surface area contributed by atoms with E-state index in [4.69, 9.17) is 16.3 Å². The van der Waals surface area contributed by atoms with Crippen LogP contribution in [0.15, 0.2) is 48.5 Å². The first-order valence-corrected chi connectivity index (χ1v) is 9.00. The van der Waals surface area contributed by atoms with Crippen LogP contribution in [-0.4, -0.2) is 33.2 Å². The first kappa shape index (κ1) is 19.6. The molecular weight excluding hydrogens is 380 g/mol. The number of aryl methyl sites for hydroxylation is 2. The van der Waals surface area contributed by atoms with Gasteiger partial charge in [0.05, 0.1) is 10.7 Å². The Hall–Kier alpha value is -3.19. The number of benzene rings is 1. The van der Waals surface area contributed by atoms with Gasteiger partial charge in [-0.3, -0.25) is 4.79 Å². The average Bonchev–Trinajstić information content (AvgIpc) is 3.03. The second-order valence-electron chi connectivity index (χ2n) is 6.18. The lowest BCUT2D eigenvalue weighted by Gasteiger charge is -2.09. The lowest BCUT2D eigenvalue weighted by atomic mass is 10.2. The molecule has 0 aliphatic heterocycles. The maximum atomic E-state index is 12.3. The fraction of sp³-hybridized carbons (Fsp3) is 0.200. The van der Waals surface area contributed by atoms with E-state index in [1.54, 1.807) is 16.8 Å². The molecule has 1 N–H and O–H groups in total. The molecule has 8 heteroatoms. The Bertz CT molecular complexity index is 1000. The first-order valence-electron chi connectivity index (χ1n) is 8.62. The van der Waals surface area contributed by atoms with Gasteiger partial charge in [0, 0.05) is 12.2 Å². The lowest BCUT2D eigenvalue weighted by molar-refractivity contribution is -0.124. The highest BCUT2D eigenvalue weighted by molar-refractivity contribution is 6.33. The molecule has 0 atom stereocenters. The van der Waals surface area contributed by atoms with Crippen LogP contribution < -0.4 is 5.32 Å². The van der Waals surface area contributed by atoms with Crippen molar-refractivity contribution in [3.63, 3.8) is 0 Å². The molecule has 0 spiro atoms. The van der Waals surface area contributed by atoms with E-state index in [0.717, 1.165) is 17.0 Å². The third-order valence-electron chi connectivity index (χ3n) is 3.92. The summed E-state index contributed by atoms with van der Waals surface area (Å²) in [6, 6.07) is 14.5. The molecule has 0 saturated carbocycles. The maximum Gasteiger partial charge on any atom is 0.359 e. The predicted octanol–water partition coefficient (Wildman–Crippen LogP) is 3.01. The van der Waals surface area contributed by atoms with E-state index >= 15 is 0 Å². The summed E-state index contributed by atoms with van der Waals surface area (Å²) in [7, 11) is 0. The number of ether oxygens (including phenoxy) is 1. The Kier molecular flexibility index (Phi) is 6.06. The van der Waals surface area contributed by atoms with Crippen LogP contribution in [0.1, 0.15) is 27.4 Å². The van der Waals surface area contributed by atoms with E-state index in [1.807, 2.05) is 50.2 Å². The molecular formula is C20H19ClN4O3. The highest BCUT2D eigenvalue weighted by Crippen LogP contribution is 2.18. The van der Waals surface area contributed by atoms with Crippen LogP contribution in [0.5, 0.6) is 0 Å². The zero-order valence-electron chi connectivity index (χ0n) is 15.5. The SMILES string of the molecule is Cc1cc(C)n(-c2ccc(Cl)c(C(=O)OCC(=O)NCc3ccccc3)n2)n1. The normalized spacial score (nSPS) is 10.5. The summed E-state index contributed by atoms with van der Waals surface area (Å²) in [6.07, 6.45) is 0. The number of hydrogen-bond donors (Lipinski definition) is 1. The zero-order chi connectivity index (χ0) is 20.1. The fourth-order valence-corrected chi connectivity index (χ4v) is 2.78. The van der Waals surface area contributed by atoms with Crippen molar-refractivity contribution in [1.29, 1.82) is 0 Å². The number of amides is 1. The van der Waals surface area contributed by atoms with Crippen molar-refractivity contribution < 1.29 is 14.3 Å². The summed E-state index contributed by atoms with van der Waals surface area (Å²) in [5, 5.41) is 7.16. The molecule has 0 unspecified atom stereocenters. The van der Waals surface area contributed by atoms with Crippen LogP contribution >= 0.6 is 11.6 Å². The number of nitrogens with zero attached hydrogens (tertiary/aromatic N) is 3. The van der Waals surface area contributed by atoms with Crippen LogP contribution in [0.2, 0.25) is 5.02 Å². The number of aromatic nitrogens is 3. The van der Waals surface area contributed by atoms with Gasteiger partial charge >= 0.3 is 5.97 Å². The summed E-state index contributed by atoms with van der Waals surface area (Å²) in [5.41, 5.74) is 2.58. The number of pyridine rings is 1. The van der Waals surface area contributed by atoms with Gasteiger partial charge in [0.2, 0.25) is 0 Å². The molecule has 0 saturated heterocycles. The molecule has 28 heavy (non-hydrogen) atoms. The summed E-state index contributed by atoms with van der Waals surface area (Å²) in [6.45, 7) is 3.67. The summed E-state index contributed by atoms with van der Waals surface area (Å²) < 4.78 is 6.66. The summed E-state index contributed by atoms with van der Waals surface area (Å²) in [5.74, 6) is -0.748. The number of esters is 1. The Balaban J connectivity index is 1.63. The van der Waals surface area contributed by atoms with Gasteiger partial charge in [0.15, 0.2) is 18.1 Å². The zero-order valence-corrected chi connectivity index (χ0v) is 16.2. The van der Waals surface area contributed by atoms with Crippen LogP contribution in [-0.2, 0) is 16.1 Å². The first-order chi connectivity index (χ1) is 13.4. The molecule has 1 amide bonds. The van der Waals surface area contributed by atoms with E-state index in [2.05, 4.69) is 15.4 Å². The molecule has 7 nitrogen and oxygen atoms in total. The van der Waals surface area contributed by atoms with Crippen LogP contribution in [0.3, 0.4) is 0 Å². The van der Waals surface area contributed by atoms with Gasteiger partial charge in [-0.15, -0.1) is 0 Å². The molecule has 0 radical (unpaired) electrons. The summed E-state index contributed by atoms with van der Waals surface area (Å²) >= 11 is 6.09. The van der Waals surface area contributed by atoms with Gasteiger partial charge in [-0.05, 0) is 37.6 Å². The van der Waals surface area contributed by atoms with Crippen molar-refractivity contribution in [2.75, 3.05) is 6.61 Å². The van der Waals surface area contributed by atoms with E-state index in [-0.39, 0.29) is 10.7 Å². The van der Waals surface area contributed by atoms with Crippen molar-refractivity contribution in [1.82, 2.24) is 20.1 Å². The highest BCUT2D eigenvalue weighted by Gasteiger charge is 2.18. The second kappa shape index (κ2) is 8.67. The Morgan fingerprint density at radius 3 is 2.57 bits per heavy atom. The molecule has 3 rings (SSSR count). The summed E-state index contributed by atoms with van der Waals surface area (Å²) in [4.78, 5) is 28.5. The second-order valence-corrected chi connectivity index (χ2v) is 6.58. The molecule has 1 aromatic carbocycles. The minimum atomic E-state index is -0.775. The van der Waals surface area contributed by atoms with Gasteiger partial charge in [-0.25, -0.2) is 14.5 Å². The number of halogens is 1. The minimum Gasteiger partial charge on any atom is -0.451 e. The van der Waals surface area contributed by atoms with Gasteiger partial charge in [-0.2, -0.15) is 5.10 Å². The van der Waals surface area contributed by atoms with Crippen molar-refractivity contribution in [3.05, 3.63) is 76.2 Å². The number of rotatable bonds is 6. The standard InChI is InChI=1S/C20H19ClN4O3/c1-13-10-14(2)25(24-13)17-9-8-16(21)19(23-17)20(27)28-12-18(26)22-11-15-6-4-3-5-7-15/h3-10H,11-12H2,1-2H3,(H,22,26). The number of carbonyl (C=O) groups is 2. The number of nitrogens with one attached hydrogen (secondary N) is 1. The monoisotopic (exact) mass is 398 g/mol. The van der Waals surface area contributed by atoms with Gasteiger partial charge in [-0.1, -0.05) is 41.9 Å². The maximum absolute atomic E-state index is 12.3. The van der Waals surface area contributed by atoms with Crippen molar-refractivity contribution >= 4 is 23.5 Å². The Morgan fingerprint density at radius 1 is 1.14 bits per heavy atom. The fourth-order valence-electron chi connectivity index (χ4n) is 2.60. The van der Waals surface area contributed by atoms with Gasteiger partial charge in [0.1, 0.15) is 0 Å². The molecule has 0 fully saturated rings. The van der Waals surface area contributed by atoms with E-state index in [0.29, 0.717) is 12.4 Å². The van der Waals surface area contributed by atoms with Crippen molar-refractivity contribution in [3.8, 4) is 5.82 Å². The lowest BCUT2D eigenvalue weighted by Crippen LogP contribution is -2.28. The van der Waals surface area contributed by atoms with Crippen molar-refractivity contribution in [2.45, 2.75) is 20.4 Å². The van der Waals surface area contributed by atoms with E-state index in [1.165, 1.54) is 0 Å². The number of hydrogen-bond acceptors (Lipinski definition) is 5. The molecule has 0 bridgehead atoms. The number of carbonyl (C=O) groups excluding carboxylic acids is 2. The van der Waals surface area contributed by atoms with Gasteiger partial charge in [0.25, 0.3) is 5.91 Å². The highest BCUT2D eigenvalue weighted by atomic mass is 35.5. The van der Waals surface area contributed by atoms with E-state index in [9.17, 15) is 9.59 Å². The minimum absolute atomic E-state index is 0.0671. The average molecular weight is 399 g/mol. The van der Waals surface area contributed by atoms with Crippen LogP contribution in [0, 0.1) is 13.8 Å². The van der Waals surface area contributed by atoms with Crippen LogP contribution in [0.25, 0.3) is 5.82 Å². The van der Waals surface area contributed by atoms with Crippen molar-refractivity contribution in [2.24, 2.45) is 0 Å². The predicted molar refractivity (Wildman–Crippen MR) is 104 cm³/mol. The largest absolute Gasteiger partial charge is 0.451 e. The Labute approximate surface area is 167 Å². The molecule has 0 aliphatic carbocycles. The molecule has 0 aliphatic rings. The molecule has 3 aromatic rings. The molecule has 2 heterocycles. The quantitative estimate of drug-likeness (QED) is 0.645. The molecule has 2 aromatic heterocycles. The molecule has 144 valence electrons. The van der Waals surface area contributed by atoms with Crippen LogP contribution in [0.4, 0.5) is 0 Å². The van der Waals surface area contributed by atoms with E-state index < -0.39 is 18.5 Å². The van der Waals surface area contributed by atoms with Gasteiger partial charge < -0.3 is 10.1 Å². The Morgan fingerprint density at radius 2 is 1.89 bits per heavy atom. The topological polar surface area (TPSA) is 86.1 Å².